The van der Waals surface area contributed by atoms with E-state index in [1.165, 1.54) is 0 Å². The van der Waals surface area contributed by atoms with Crippen LogP contribution in [-0.2, 0) is 9.73 Å². The van der Waals surface area contributed by atoms with Gasteiger partial charge < -0.3 is 0 Å². The van der Waals surface area contributed by atoms with Gasteiger partial charge >= 0.3 is 0 Å². The average molecular weight is 372 g/mol. The number of nitrogens with zero attached hydrogens (tertiary/aromatic N) is 1. The molecular weight excluding hydrogens is 358 g/mol. The lowest BCUT2D eigenvalue weighted by molar-refractivity contribution is 0.676. The summed E-state index contributed by atoms with van der Waals surface area (Å²) in [5, 5.41) is 0. The molecule has 0 atom stereocenters. The van der Waals surface area contributed by atoms with E-state index in [1.54, 1.807) is 0 Å². The lowest BCUT2D eigenvalue weighted by Crippen LogP contribution is -2.01. The first-order valence-corrected chi connectivity index (χ1v) is 9.12. The minimum atomic E-state index is -2.70. The standard InChI is InChI=1S/C18H14BrNOS/c19-15-11-13-16(14-12-15)20-22(21,17-7-3-1-4-8-17)18-9-5-2-6-10-18/h1-14H. The predicted octanol–water partition coefficient (Wildman–Crippen LogP) is 5.67. The predicted molar refractivity (Wildman–Crippen MR) is 93.8 cm³/mol. The molecule has 0 aliphatic rings. The highest BCUT2D eigenvalue weighted by atomic mass is 79.9. The van der Waals surface area contributed by atoms with Gasteiger partial charge in [0.25, 0.3) is 0 Å². The van der Waals surface area contributed by atoms with E-state index in [0.717, 1.165) is 4.47 Å². The molecule has 0 amide bonds. The second-order valence-electron chi connectivity index (χ2n) is 4.72. The lowest BCUT2D eigenvalue weighted by Gasteiger charge is -2.11. The number of hydrogen-bond donors (Lipinski definition) is 0. The fourth-order valence-electron chi connectivity index (χ4n) is 2.10. The molecule has 3 aromatic carbocycles. The zero-order chi connectivity index (χ0) is 15.4. The Morgan fingerprint density at radius 2 is 1.14 bits per heavy atom. The summed E-state index contributed by atoms with van der Waals surface area (Å²) in [5.41, 5.74) is 0.695. The van der Waals surface area contributed by atoms with E-state index < -0.39 is 9.73 Å². The Bertz CT molecular complexity index is 822. The van der Waals surface area contributed by atoms with Crippen LogP contribution >= 0.6 is 15.9 Å². The molecule has 0 fully saturated rings. The molecule has 0 radical (unpaired) electrons. The van der Waals surface area contributed by atoms with Crippen LogP contribution < -0.4 is 0 Å². The van der Waals surface area contributed by atoms with Gasteiger partial charge in [0.2, 0.25) is 0 Å². The van der Waals surface area contributed by atoms with Gasteiger partial charge in [0.1, 0.15) is 9.73 Å². The molecule has 2 nitrogen and oxygen atoms in total. The number of rotatable bonds is 3. The molecule has 0 heterocycles. The SMILES string of the molecule is O=S(=Nc1ccc(Br)cc1)(c1ccccc1)c1ccccc1. The monoisotopic (exact) mass is 371 g/mol. The molecule has 0 aliphatic heterocycles. The maximum atomic E-state index is 13.7. The molecule has 3 rings (SSSR count). The second kappa shape index (κ2) is 6.46. The van der Waals surface area contributed by atoms with Crippen molar-refractivity contribution >= 4 is 31.3 Å². The first-order chi connectivity index (χ1) is 10.7. The van der Waals surface area contributed by atoms with E-state index >= 15 is 0 Å². The van der Waals surface area contributed by atoms with E-state index in [-0.39, 0.29) is 0 Å². The second-order valence-corrected chi connectivity index (χ2v) is 7.81. The van der Waals surface area contributed by atoms with Crippen LogP contribution in [0.3, 0.4) is 0 Å². The summed E-state index contributed by atoms with van der Waals surface area (Å²) in [4.78, 5) is 1.42. The summed E-state index contributed by atoms with van der Waals surface area (Å²) in [6.07, 6.45) is 0. The molecule has 22 heavy (non-hydrogen) atoms. The average Bonchev–Trinajstić information content (AvgIpc) is 2.58. The van der Waals surface area contributed by atoms with Crippen LogP contribution in [-0.4, -0.2) is 4.21 Å². The molecule has 0 N–H and O–H groups in total. The minimum absolute atomic E-state index is 0.695. The van der Waals surface area contributed by atoms with E-state index in [1.807, 2.05) is 84.9 Å². The third-order valence-electron chi connectivity index (χ3n) is 3.19. The topological polar surface area (TPSA) is 29.4 Å². The van der Waals surface area contributed by atoms with Crippen LogP contribution in [0.4, 0.5) is 5.69 Å². The summed E-state index contributed by atoms with van der Waals surface area (Å²) < 4.78 is 19.2. The summed E-state index contributed by atoms with van der Waals surface area (Å²) in [6.45, 7) is 0. The number of hydrogen-bond acceptors (Lipinski definition) is 2. The summed E-state index contributed by atoms with van der Waals surface area (Å²) in [6, 6.07) is 26.3. The van der Waals surface area contributed by atoms with E-state index in [0.29, 0.717) is 15.5 Å². The third kappa shape index (κ3) is 3.13. The Balaban J connectivity index is 2.24. The van der Waals surface area contributed by atoms with Gasteiger partial charge in [-0.05, 0) is 48.5 Å². The largest absolute Gasteiger partial charge is 0.239 e. The Morgan fingerprint density at radius 1 is 0.682 bits per heavy atom. The van der Waals surface area contributed by atoms with E-state index in [2.05, 4.69) is 20.3 Å². The smallest absolute Gasteiger partial charge is 0.109 e. The summed E-state index contributed by atoms with van der Waals surface area (Å²) in [5.74, 6) is 0. The molecule has 0 saturated carbocycles. The highest BCUT2D eigenvalue weighted by Gasteiger charge is 2.15. The fraction of sp³-hybridized carbons (Fsp3) is 0. The van der Waals surface area contributed by atoms with Crippen molar-refractivity contribution in [3.8, 4) is 0 Å². The lowest BCUT2D eigenvalue weighted by atomic mass is 10.3. The van der Waals surface area contributed by atoms with Crippen molar-refractivity contribution in [3.63, 3.8) is 0 Å². The Kier molecular flexibility index (Phi) is 4.41. The maximum Gasteiger partial charge on any atom is 0.109 e. The van der Waals surface area contributed by atoms with Crippen molar-refractivity contribution < 1.29 is 4.21 Å². The van der Waals surface area contributed by atoms with Crippen LogP contribution in [0.15, 0.2) is 104 Å². The molecule has 0 spiro atoms. The first-order valence-electron chi connectivity index (χ1n) is 6.81. The molecule has 0 aliphatic carbocycles. The van der Waals surface area contributed by atoms with Crippen molar-refractivity contribution in [2.75, 3.05) is 0 Å². The van der Waals surface area contributed by atoms with Crippen LogP contribution in [0.2, 0.25) is 0 Å². The molecule has 0 unspecified atom stereocenters. The molecule has 3 aromatic rings. The van der Waals surface area contributed by atoms with Crippen molar-refractivity contribution in [2.45, 2.75) is 9.79 Å². The molecule has 0 bridgehead atoms. The molecule has 0 saturated heterocycles. The Morgan fingerprint density at radius 3 is 1.59 bits per heavy atom. The van der Waals surface area contributed by atoms with Crippen LogP contribution in [0.1, 0.15) is 0 Å². The van der Waals surface area contributed by atoms with Crippen molar-refractivity contribution in [2.24, 2.45) is 4.36 Å². The molecular formula is C18H14BrNOS. The zero-order valence-electron chi connectivity index (χ0n) is 11.7. The molecule has 0 aromatic heterocycles. The highest BCUT2D eigenvalue weighted by molar-refractivity contribution is 9.10. The first kappa shape index (κ1) is 15.0. The van der Waals surface area contributed by atoms with Crippen molar-refractivity contribution in [3.05, 3.63) is 89.4 Å². The van der Waals surface area contributed by atoms with Gasteiger partial charge in [-0.1, -0.05) is 52.3 Å². The van der Waals surface area contributed by atoms with Gasteiger partial charge in [-0.25, -0.2) is 4.21 Å². The van der Waals surface area contributed by atoms with Crippen LogP contribution in [0.25, 0.3) is 0 Å². The van der Waals surface area contributed by atoms with Gasteiger partial charge in [-0.2, -0.15) is 4.36 Å². The summed E-state index contributed by atoms with van der Waals surface area (Å²) >= 11 is 3.40. The number of benzene rings is 3. The zero-order valence-corrected chi connectivity index (χ0v) is 14.1. The molecule has 110 valence electrons. The van der Waals surface area contributed by atoms with Crippen molar-refractivity contribution in [1.29, 1.82) is 0 Å². The quantitative estimate of drug-likeness (QED) is 0.583. The Labute approximate surface area is 139 Å². The molecule has 4 heteroatoms. The highest BCUT2D eigenvalue weighted by Crippen LogP contribution is 2.28. The summed E-state index contributed by atoms with van der Waals surface area (Å²) in [7, 11) is -2.70. The van der Waals surface area contributed by atoms with Crippen LogP contribution in [0, 0.1) is 0 Å². The van der Waals surface area contributed by atoms with Crippen LogP contribution in [0.5, 0.6) is 0 Å². The van der Waals surface area contributed by atoms with Gasteiger partial charge in [-0.15, -0.1) is 0 Å². The fourth-order valence-corrected chi connectivity index (χ4v) is 4.32. The van der Waals surface area contributed by atoms with Gasteiger partial charge in [0.15, 0.2) is 0 Å². The third-order valence-corrected chi connectivity index (χ3v) is 6.00. The van der Waals surface area contributed by atoms with Gasteiger partial charge in [-0.3, -0.25) is 0 Å². The Hall–Kier alpha value is -1.91. The van der Waals surface area contributed by atoms with E-state index in [9.17, 15) is 4.21 Å². The van der Waals surface area contributed by atoms with Gasteiger partial charge in [0, 0.05) is 4.47 Å². The van der Waals surface area contributed by atoms with E-state index in [4.69, 9.17) is 0 Å². The maximum absolute atomic E-state index is 13.7. The number of halogens is 1. The minimum Gasteiger partial charge on any atom is -0.239 e. The van der Waals surface area contributed by atoms with Gasteiger partial charge in [0.05, 0.1) is 15.5 Å². The van der Waals surface area contributed by atoms with Crippen molar-refractivity contribution in [1.82, 2.24) is 0 Å². The normalized spacial score (nSPS) is 11.1.